The van der Waals surface area contributed by atoms with Crippen molar-refractivity contribution in [2.24, 2.45) is 0 Å². The van der Waals surface area contributed by atoms with E-state index in [9.17, 15) is 10.2 Å². The summed E-state index contributed by atoms with van der Waals surface area (Å²) in [4.78, 5) is 0. The van der Waals surface area contributed by atoms with Crippen LogP contribution in [0, 0.1) is 0 Å². The van der Waals surface area contributed by atoms with E-state index in [0.29, 0.717) is 0 Å². The van der Waals surface area contributed by atoms with E-state index in [4.69, 9.17) is 4.74 Å². The Hall–Kier alpha value is -1.84. The van der Waals surface area contributed by atoms with Gasteiger partial charge in [0, 0.05) is 27.7 Å². The minimum absolute atomic E-state index is 0.0289. The van der Waals surface area contributed by atoms with Crippen LogP contribution in [0.15, 0.2) is 24.3 Å². The van der Waals surface area contributed by atoms with E-state index in [2.05, 4.69) is 67.5 Å². The molecule has 0 aliphatic carbocycles. The van der Waals surface area contributed by atoms with Crippen molar-refractivity contribution >= 4 is 0 Å². The first-order valence-corrected chi connectivity index (χ1v) is 10.1. The predicted molar refractivity (Wildman–Crippen MR) is 114 cm³/mol. The number of rotatable bonds is 2. The van der Waals surface area contributed by atoms with Gasteiger partial charge in [0.1, 0.15) is 11.5 Å². The Bertz CT molecular complexity index is 835. The van der Waals surface area contributed by atoms with Crippen LogP contribution in [0.3, 0.4) is 0 Å². The van der Waals surface area contributed by atoms with E-state index >= 15 is 0 Å². The molecule has 3 heteroatoms. The maximum atomic E-state index is 10.0. The lowest BCUT2D eigenvalue weighted by molar-refractivity contribution is 0.266. The zero-order chi connectivity index (χ0) is 21.1. The second-order valence-electron chi connectivity index (χ2n) is 10.6. The van der Waals surface area contributed by atoms with Gasteiger partial charge in [-0.15, -0.1) is 0 Å². The largest absolute Gasteiger partial charge is 0.456 e. The van der Waals surface area contributed by atoms with Crippen molar-refractivity contribution in [1.82, 2.24) is 0 Å². The summed E-state index contributed by atoms with van der Waals surface area (Å²) in [6.45, 7) is 17.3. The maximum Gasteiger partial charge on any atom is 0.137 e. The van der Waals surface area contributed by atoms with Crippen LogP contribution in [-0.4, -0.2) is 10.2 Å². The number of hydrogen-bond acceptors (Lipinski definition) is 3. The number of ether oxygens (including phenoxy) is 1. The summed E-state index contributed by atoms with van der Waals surface area (Å²) in [6, 6.07) is 8.53. The highest BCUT2D eigenvalue weighted by molar-refractivity contribution is 5.63. The molecule has 0 unspecified atom stereocenters. The monoisotopic (exact) mass is 382 g/mol. The van der Waals surface area contributed by atoms with Crippen molar-refractivity contribution in [2.45, 2.75) is 84.8 Å². The molecule has 28 heavy (non-hydrogen) atoms. The summed E-state index contributed by atoms with van der Waals surface area (Å²) in [7, 11) is 0. The Morgan fingerprint density at radius 1 is 0.714 bits per heavy atom. The first-order chi connectivity index (χ1) is 12.8. The molecule has 0 atom stereocenters. The Morgan fingerprint density at radius 2 is 1.07 bits per heavy atom. The summed E-state index contributed by atoms with van der Waals surface area (Å²) in [5.74, 6) is 1.46. The Kier molecular flexibility index (Phi) is 4.92. The number of aliphatic hydroxyl groups is 2. The average molecular weight is 383 g/mol. The second-order valence-corrected chi connectivity index (χ2v) is 10.6. The summed E-state index contributed by atoms with van der Waals surface area (Å²) < 4.78 is 6.37. The smallest absolute Gasteiger partial charge is 0.137 e. The molecule has 152 valence electrons. The van der Waals surface area contributed by atoms with Crippen molar-refractivity contribution < 1.29 is 14.9 Å². The summed E-state index contributed by atoms with van der Waals surface area (Å²) >= 11 is 0. The van der Waals surface area contributed by atoms with Crippen molar-refractivity contribution in [3.63, 3.8) is 0 Å². The van der Waals surface area contributed by atoms with Gasteiger partial charge in [0.2, 0.25) is 0 Å². The van der Waals surface area contributed by atoms with Gasteiger partial charge in [0.15, 0.2) is 0 Å². The minimum Gasteiger partial charge on any atom is -0.456 e. The third-order valence-electron chi connectivity index (χ3n) is 5.96. The molecule has 0 fully saturated rings. The van der Waals surface area contributed by atoms with Crippen LogP contribution in [0.4, 0.5) is 0 Å². The Labute approximate surface area is 169 Å². The summed E-state index contributed by atoms with van der Waals surface area (Å²) in [5.41, 5.74) is 5.78. The topological polar surface area (TPSA) is 49.7 Å². The average Bonchev–Trinajstić information content (AvgIpc) is 2.58. The van der Waals surface area contributed by atoms with Gasteiger partial charge in [-0.1, -0.05) is 67.5 Å². The zero-order valence-electron chi connectivity index (χ0n) is 18.5. The van der Waals surface area contributed by atoms with Crippen molar-refractivity contribution in [1.29, 1.82) is 0 Å². The molecular formula is C25H34O3. The second kappa shape index (κ2) is 6.60. The number of benzene rings is 2. The Morgan fingerprint density at radius 3 is 1.36 bits per heavy atom. The van der Waals surface area contributed by atoms with Crippen LogP contribution in [0.5, 0.6) is 11.5 Å². The van der Waals surface area contributed by atoms with Gasteiger partial charge in [-0.25, -0.2) is 0 Å². The van der Waals surface area contributed by atoms with Crippen molar-refractivity contribution in [2.75, 3.05) is 0 Å². The lowest BCUT2D eigenvalue weighted by Gasteiger charge is -2.39. The normalized spacial score (nSPS) is 15.6. The summed E-state index contributed by atoms with van der Waals surface area (Å²) in [6.07, 6.45) is 0. The van der Waals surface area contributed by atoms with E-state index in [-0.39, 0.29) is 29.5 Å². The van der Waals surface area contributed by atoms with Crippen LogP contribution in [0.25, 0.3) is 0 Å². The van der Waals surface area contributed by atoms with Gasteiger partial charge in [0.25, 0.3) is 0 Å². The lowest BCUT2D eigenvalue weighted by atomic mass is 9.71. The van der Waals surface area contributed by atoms with Crippen LogP contribution < -0.4 is 4.74 Å². The van der Waals surface area contributed by atoms with E-state index in [1.807, 2.05) is 12.1 Å². The molecule has 0 bridgehead atoms. The van der Waals surface area contributed by atoms with Gasteiger partial charge in [-0.2, -0.15) is 0 Å². The minimum atomic E-state index is -0.306. The molecule has 0 spiro atoms. The molecule has 0 aromatic heterocycles. The molecule has 1 aliphatic heterocycles. The van der Waals surface area contributed by atoms with Gasteiger partial charge in [-0.05, 0) is 34.1 Å². The summed E-state index contributed by atoms with van der Waals surface area (Å²) in [5, 5.41) is 20.1. The zero-order valence-corrected chi connectivity index (χ0v) is 18.5. The third kappa shape index (κ3) is 3.35. The molecule has 0 amide bonds. The molecule has 1 aliphatic rings. The van der Waals surface area contributed by atoms with E-state index in [1.54, 1.807) is 0 Å². The molecule has 1 heterocycles. The number of aliphatic hydroxyl groups excluding tert-OH is 2. The van der Waals surface area contributed by atoms with Crippen LogP contribution >= 0.6 is 0 Å². The highest BCUT2D eigenvalue weighted by Gasteiger charge is 2.38. The number of fused-ring (bicyclic) bond motifs is 2. The molecule has 3 nitrogen and oxygen atoms in total. The molecule has 2 N–H and O–H groups in total. The molecule has 0 saturated heterocycles. The molecule has 2 aromatic carbocycles. The SMILES string of the molecule is CC(C)(C)c1cc(CO)c2c(c1)C(C)(C)c1cc(C(C)(C)C)cc(CO)c1O2. The predicted octanol–water partition coefficient (Wildman–Crippen LogP) is 5.70. The first kappa shape index (κ1) is 20.9. The fourth-order valence-electron chi connectivity index (χ4n) is 3.90. The van der Waals surface area contributed by atoms with Crippen molar-refractivity contribution in [3.05, 3.63) is 57.6 Å². The van der Waals surface area contributed by atoms with Crippen LogP contribution in [0.2, 0.25) is 0 Å². The van der Waals surface area contributed by atoms with Gasteiger partial charge in [-0.3, -0.25) is 0 Å². The highest BCUT2D eigenvalue weighted by Crippen LogP contribution is 2.52. The third-order valence-corrected chi connectivity index (χ3v) is 5.96. The fraction of sp³-hybridized carbons (Fsp3) is 0.520. The van der Waals surface area contributed by atoms with Crippen molar-refractivity contribution in [3.8, 4) is 11.5 Å². The molecule has 0 radical (unpaired) electrons. The van der Waals surface area contributed by atoms with Crippen LogP contribution in [-0.2, 0) is 29.5 Å². The standard InChI is InChI=1S/C25H34O3/c1-23(2,3)17-9-15(13-26)21-19(11-17)25(7,8)20-12-18(24(4,5)6)10-16(14-27)22(20)28-21/h9-12,26-27H,13-14H2,1-8H3. The fourth-order valence-corrected chi connectivity index (χ4v) is 3.90. The molecule has 3 rings (SSSR count). The molecular weight excluding hydrogens is 348 g/mol. The van der Waals surface area contributed by atoms with Gasteiger partial charge >= 0.3 is 0 Å². The van der Waals surface area contributed by atoms with E-state index in [1.165, 1.54) is 11.1 Å². The molecule has 2 aromatic rings. The number of hydrogen-bond donors (Lipinski definition) is 2. The first-order valence-electron chi connectivity index (χ1n) is 10.1. The van der Waals surface area contributed by atoms with E-state index in [0.717, 1.165) is 33.8 Å². The van der Waals surface area contributed by atoms with Gasteiger partial charge < -0.3 is 14.9 Å². The maximum absolute atomic E-state index is 10.0. The molecule has 0 saturated carbocycles. The Balaban J connectivity index is 2.33. The van der Waals surface area contributed by atoms with Crippen LogP contribution in [0.1, 0.15) is 88.8 Å². The quantitative estimate of drug-likeness (QED) is 0.701. The van der Waals surface area contributed by atoms with E-state index < -0.39 is 0 Å². The van der Waals surface area contributed by atoms with Gasteiger partial charge in [0.05, 0.1) is 13.2 Å². The highest BCUT2D eigenvalue weighted by atomic mass is 16.5. The lowest BCUT2D eigenvalue weighted by Crippen LogP contribution is -2.28.